The Morgan fingerprint density at radius 2 is 2.11 bits per heavy atom. The number of anilines is 2. The number of aliphatic hydroxyl groups is 1. The van der Waals surface area contributed by atoms with E-state index in [1.165, 1.54) is 0 Å². The lowest BCUT2D eigenvalue weighted by Crippen LogP contribution is -2.20. The van der Waals surface area contributed by atoms with Crippen molar-refractivity contribution in [1.29, 1.82) is 0 Å². The van der Waals surface area contributed by atoms with Crippen molar-refractivity contribution in [2.75, 3.05) is 18.5 Å². The van der Waals surface area contributed by atoms with E-state index in [0.29, 0.717) is 31.5 Å². The molecular weight excluding hydrogens is 446 g/mol. The summed E-state index contributed by atoms with van der Waals surface area (Å²) in [5.74, 6) is 1.46. The van der Waals surface area contributed by atoms with Crippen LogP contribution in [0, 0.1) is 12.8 Å². The number of carbonyl (C=O) groups is 1. The lowest BCUT2D eigenvalue weighted by atomic mass is 10.1. The highest BCUT2D eigenvalue weighted by Crippen LogP contribution is 2.36. The second-order valence-corrected chi connectivity index (χ2v) is 9.34. The van der Waals surface area contributed by atoms with E-state index >= 15 is 0 Å². The number of aromatic nitrogens is 5. The molecule has 1 saturated heterocycles. The summed E-state index contributed by atoms with van der Waals surface area (Å²) in [5, 5.41) is 20.2. The quantitative estimate of drug-likeness (QED) is 0.394. The third-order valence-electron chi connectivity index (χ3n) is 6.55. The van der Waals surface area contributed by atoms with Crippen molar-refractivity contribution in [3.63, 3.8) is 0 Å². The predicted octanol–water partition coefficient (Wildman–Crippen LogP) is 2.91. The fourth-order valence-corrected chi connectivity index (χ4v) is 4.50. The summed E-state index contributed by atoms with van der Waals surface area (Å²) in [5.41, 5.74) is 4.47. The molecule has 1 aromatic carbocycles. The zero-order valence-electron chi connectivity index (χ0n) is 19.7. The third-order valence-corrected chi connectivity index (χ3v) is 6.55. The van der Waals surface area contributed by atoms with Gasteiger partial charge in [0.15, 0.2) is 11.6 Å². The van der Waals surface area contributed by atoms with Crippen LogP contribution in [-0.4, -0.2) is 59.5 Å². The number of carbonyl (C=O) groups excluding carboxylic acids is 1. The van der Waals surface area contributed by atoms with Crippen LogP contribution >= 0.6 is 0 Å². The maximum absolute atomic E-state index is 12.8. The lowest BCUT2D eigenvalue weighted by Gasteiger charge is -2.12. The first-order valence-corrected chi connectivity index (χ1v) is 11.8. The first-order valence-electron chi connectivity index (χ1n) is 11.8. The van der Waals surface area contributed by atoms with Gasteiger partial charge in [0.1, 0.15) is 0 Å². The number of fused-ring (bicyclic) bond motifs is 1. The van der Waals surface area contributed by atoms with Crippen LogP contribution in [-0.2, 0) is 18.4 Å². The van der Waals surface area contributed by atoms with Crippen LogP contribution in [0.4, 0.5) is 11.6 Å². The van der Waals surface area contributed by atoms with E-state index < -0.39 is 6.10 Å². The molecular formula is C25H27N7O3. The summed E-state index contributed by atoms with van der Waals surface area (Å²) >= 11 is 0. The second kappa shape index (κ2) is 8.56. The van der Waals surface area contributed by atoms with E-state index in [1.54, 1.807) is 22.0 Å². The number of rotatable bonds is 7. The number of nitrogens with zero attached hydrogens (tertiary/aromatic N) is 6. The molecule has 0 amide bonds. The number of hydrogen-bond donors (Lipinski definition) is 2. The number of β-amino-alcohol motifs (C(OH)–C–C–N with tert-alkyl or cyclic N) is 1. The van der Waals surface area contributed by atoms with Crippen molar-refractivity contribution in [3.8, 4) is 5.82 Å². The van der Waals surface area contributed by atoms with Crippen LogP contribution in [0.3, 0.4) is 0 Å². The molecule has 10 heteroatoms. The number of benzene rings is 1. The standard InChI is InChI=1S/C25H27N7O3/c1-15-17(10-31-12-19(33)14-35-31)11-32(29-15)23-7-8-26-25(28-23)27-18-5-6-22-20(9-18)21(13-30(22)2)24(34)16-3-4-16/h5-9,11,13,16,19,33H,3-4,10,12,14H2,1-2H3,(H,26,27,28). The molecule has 0 radical (unpaired) electrons. The molecule has 1 aliphatic carbocycles. The van der Waals surface area contributed by atoms with Crippen molar-refractivity contribution in [2.24, 2.45) is 13.0 Å². The highest BCUT2D eigenvalue weighted by Gasteiger charge is 2.32. The van der Waals surface area contributed by atoms with E-state index in [9.17, 15) is 9.90 Å². The van der Waals surface area contributed by atoms with Crippen LogP contribution in [0.5, 0.6) is 0 Å². The number of ketones is 1. The number of aryl methyl sites for hydroxylation is 2. The molecule has 2 fully saturated rings. The summed E-state index contributed by atoms with van der Waals surface area (Å²) in [4.78, 5) is 27.3. The van der Waals surface area contributed by atoms with Crippen LogP contribution in [0.25, 0.3) is 16.7 Å². The maximum atomic E-state index is 12.8. The van der Waals surface area contributed by atoms with Gasteiger partial charge in [0, 0.05) is 65.3 Å². The molecule has 0 spiro atoms. The highest BCUT2D eigenvalue weighted by molar-refractivity contribution is 6.10. The van der Waals surface area contributed by atoms with Crippen LogP contribution in [0.1, 0.15) is 34.5 Å². The van der Waals surface area contributed by atoms with Crippen molar-refractivity contribution in [2.45, 2.75) is 32.4 Å². The summed E-state index contributed by atoms with van der Waals surface area (Å²) in [6.45, 7) is 3.28. The van der Waals surface area contributed by atoms with Crippen molar-refractivity contribution >= 4 is 28.3 Å². The van der Waals surface area contributed by atoms with Gasteiger partial charge in [-0.15, -0.1) is 0 Å². The topological polar surface area (TPSA) is 110 Å². The van der Waals surface area contributed by atoms with Gasteiger partial charge in [0.05, 0.1) is 31.5 Å². The number of aliphatic hydroxyl groups excluding tert-OH is 1. The van der Waals surface area contributed by atoms with Crippen LogP contribution < -0.4 is 5.32 Å². The molecule has 3 aromatic heterocycles. The van der Waals surface area contributed by atoms with Crippen LogP contribution in [0.15, 0.2) is 42.9 Å². The molecule has 35 heavy (non-hydrogen) atoms. The molecule has 4 heterocycles. The summed E-state index contributed by atoms with van der Waals surface area (Å²) in [6, 6.07) is 7.75. The Bertz CT molecular complexity index is 1420. The first kappa shape index (κ1) is 21.9. The molecule has 180 valence electrons. The average Bonchev–Trinajstić information content (AvgIpc) is 3.41. The molecule has 4 aromatic rings. The molecule has 2 aliphatic rings. The van der Waals surface area contributed by atoms with Gasteiger partial charge in [-0.2, -0.15) is 15.1 Å². The Morgan fingerprint density at radius 3 is 2.89 bits per heavy atom. The minimum Gasteiger partial charge on any atom is -0.389 e. The average molecular weight is 474 g/mol. The van der Waals surface area contributed by atoms with Gasteiger partial charge in [0.25, 0.3) is 0 Å². The van der Waals surface area contributed by atoms with Crippen molar-refractivity contribution in [3.05, 3.63) is 59.7 Å². The largest absolute Gasteiger partial charge is 0.389 e. The SMILES string of the molecule is Cc1nn(-c2ccnc(Nc3ccc4c(c3)c(C(=O)C3CC3)cn4C)n2)cc1CN1CC(O)CO1. The molecule has 2 N–H and O–H groups in total. The third kappa shape index (κ3) is 4.31. The molecule has 6 rings (SSSR count). The van der Waals surface area contributed by atoms with Gasteiger partial charge in [-0.3, -0.25) is 9.63 Å². The molecule has 0 bridgehead atoms. The molecule has 1 saturated carbocycles. The molecule has 10 nitrogen and oxygen atoms in total. The molecule has 1 unspecified atom stereocenters. The Balaban J connectivity index is 1.24. The minimum absolute atomic E-state index is 0.168. The Morgan fingerprint density at radius 1 is 1.26 bits per heavy atom. The Hall–Kier alpha value is -3.60. The molecule has 1 aliphatic heterocycles. The fraction of sp³-hybridized carbons (Fsp3) is 0.360. The zero-order chi connectivity index (χ0) is 24.1. The smallest absolute Gasteiger partial charge is 0.229 e. The van der Waals surface area contributed by atoms with E-state index in [4.69, 9.17) is 4.84 Å². The van der Waals surface area contributed by atoms with Gasteiger partial charge >= 0.3 is 0 Å². The van der Waals surface area contributed by atoms with Crippen molar-refractivity contribution < 1.29 is 14.7 Å². The fourth-order valence-electron chi connectivity index (χ4n) is 4.50. The number of nitrogens with one attached hydrogen (secondary N) is 1. The predicted molar refractivity (Wildman–Crippen MR) is 130 cm³/mol. The monoisotopic (exact) mass is 473 g/mol. The van der Waals surface area contributed by atoms with Gasteiger partial charge < -0.3 is 15.0 Å². The van der Waals surface area contributed by atoms with E-state index in [0.717, 1.165) is 46.3 Å². The Labute approximate surface area is 202 Å². The first-order chi connectivity index (χ1) is 16.9. The summed E-state index contributed by atoms with van der Waals surface area (Å²) in [6.07, 6.45) is 7.03. The van der Waals surface area contributed by atoms with Crippen LogP contribution in [0.2, 0.25) is 0 Å². The summed E-state index contributed by atoms with van der Waals surface area (Å²) in [7, 11) is 1.96. The van der Waals surface area contributed by atoms with E-state index in [-0.39, 0.29) is 11.7 Å². The normalized spacial score (nSPS) is 18.4. The van der Waals surface area contributed by atoms with Gasteiger partial charge in [-0.1, -0.05) is 0 Å². The number of hydroxylamine groups is 2. The summed E-state index contributed by atoms with van der Waals surface area (Å²) < 4.78 is 3.72. The molecule has 1 atom stereocenters. The number of hydrogen-bond acceptors (Lipinski definition) is 8. The van der Waals surface area contributed by atoms with Gasteiger partial charge in [-0.05, 0) is 38.0 Å². The number of Topliss-reactive ketones (excluding diaryl/α,β-unsaturated/α-hetero) is 1. The van der Waals surface area contributed by atoms with Gasteiger partial charge in [0.2, 0.25) is 5.95 Å². The van der Waals surface area contributed by atoms with E-state index in [2.05, 4.69) is 20.4 Å². The zero-order valence-corrected chi connectivity index (χ0v) is 19.7. The second-order valence-electron chi connectivity index (χ2n) is 9.34. The minimum atomic E-state index is -0.459. The van der Waals surface area contributed by atoms with E-state index in [1.807, 2.05) is 49.1 Å². The highest BCUT2D eigenvalue weighted by atomic mass is 16.7. The van der Waals surface area contributed by atoms with Crippen molar-refractivity contribution in [1.82, 2.24) is 29.4 Å². The lowest BCUT2D eigenvalue weighted by molar-refractivity contribution is -0.118. The maximum Gasteiger partial charge on any atom is 0.229 e. The van der Waals surface area contributed by atoms with Gasteiger partial charge in [-0.25, -0.2) is 9.67 Å². The Kier molecular flexibility index (Phi) is 5.36.